The van der Waals surface area contributed by atoms with Crippen molar-refractivity contribution < 1.29 is 14.3 Å². The molecule has 1 aromatic carbocycles. The maximum Gasteiger partial charge on any atom is 0.213 e. The van der Waals surface area contributed by atoms with Gasteiger partial charge < -0.3 is 9.47 Å². The number of aromatic nitrogens is 2. The Bertz CT molecular complexity index is 575. The van der Waals surface area contributed by atoms with Crippen molar-refractivity contribution >= 4 is 5.78 Å². The summed E-state index contributed by atoms with van der Waals surface area (Å²) in [7, 11) is 4.86. The molecule has 5 nitrogen and oxygen atoms in total. The molecule has 2 rings (SSSR count). The normalized spacial score (nSPS) is 10.2. The minimum absolute atomic E-state index is 0.142. The Kier molecular flexibility index (Phi) is 3.32. The third kappa shape index (κ3) is 2.20. The van der Waals surface area contributed by atoms with Gasteiger partial charge in [0.15, 0.2) is 11.5 Å². The first-order valence-corrected chi connectivity index (χ1v) is 5.42. The number of carbonyl (C=O) groups excluding carboxylic acids is 1. The molecular formula is C13H14N2O3. The Morgan fingerprint density at radius 1 is 1.17 bits per heavy atom. The molecule has 0 saturated heterocycles. The number of hydrogen-bond donors (Lipinski definition) is 0. The molecule has 0 atom stereocenters. The highest BCUT2D eigenvalue weighted by Crippen LogP contribution is 2.28. The van der Waals surface area contributed by atoms with Crippen LogP contribution in [0.1, 0.15) is 16.1 Å². The first-order chi connectivity index (χ1) is 8.65. The summed E-state index contributed by atoms with van der Waals surface area (Å²) in [5, 5.41) is 4.08. The maximum atomic E-state index is 12.2. The summed E-state index contributed by atoms with van der Waals surface area (Å²) in [5.41, 5.74) is 0.927. The van der Waals surface area contributed by atoms with Crippen LogP contribution in [0, 0.1) is 0 Å². The summed E-state index contributed by atoms with van der Waals surface area (Å²) < 4.78 is 11.9. The first-order valence-electron chi connectivity index (χ1n) is 5.42. The number of aryl methyl sites for hydroxylation is 1. The van der Waals surface area contributed by atoms with E-state index in [0.717, 1.165) is 0 Å². The molecule has 1 heterocycles. The molecule has 0 unspecified atom stereocenters. The fourth-order valence-electron chi connectivity index (χ4n) is 1.66. The van der Waals surface area contributed by atoms with Crippen LogP contribution in [0.2, 0.25) is 0 Å². The first kappa shape index (κ1) is 12.2. The zero-order chi connectivity index (χ0) is 13.1. The summed E-state index contributed by atoms with van der Waals surface area (Å²) in [6, 6.07) is 6.72. The molecule has 0 N–H and O–H groups in total. The molecule has 0 spiro atoms. The average Bonchev–Trinajstić information content (AvgIpc) is 2.83. The standard InChI is InChI=1S/C13H14N2O3/c1-15-7-6-10(14-15)13(16)9-4-5-11(17-2)12(8-9)18-3/h4-8H,1-3H3. The molecule has 0 aliphatic heterocycles. The van der Waals surface area contributed by atoms with E-state index in [9.17, 15) is 4.79 Å². The molecule has 0 aliphatic rings. The molecule has 0 radical (unpaired) electrons. The van der Waals surface area contributed by atoms with Crippen molar-refractivity contribution in [2.24, 2.45) is 7.05 Å². The van der Waals surface area contributed by atoms with E-state index in [2.05, 4.69) is 5.10 Å². The van der Waals surface area contributed by atoms with E-state index in [4.69, 9.17) is 9.47 Å². The lowest BCUT2D eigenvalue weighted by molar-refractivity contribution is 0.103. The van der Waals surface area contributed by atoms with E-state index < -0.39 is 0 Å². The van der Waals surface area contributed by atoms with Crippen LogP contribution in [0.5, 0.6) is 11.5 Å². The van der Waals surface area contributed by atoms with Gasteiger partial charge in [-0.1, -0.05) is 0 Å². The lowest BCUT2D eigenvalue weighted by atomic mass is 10.1. The van der Waals surface area contributed by atoms with Gasteiger partial charge >= 0.3 is 0 Å². The Labute approximate surface area is 105 Å². The van der Waals surface area contributed by atoms with Crippen molar-refractivity contribution in [3.63, 3.8) is 0 Å². The molecule has 0 fully saturated rings. The quantitative estimate of drug-likeness (QED) is 0.770. The maximum absolute atomic E-state index is 12.2. The summed E-state index contributed by atoms with van der Waals surface area (Å²) in [5.74, 6) is 0.978. The smallest absolute Gasteiger partial charge is 0.213 e. The molecular weight excluding hydrogens is 232 g/mol. The Morgan fingerprint density at radius 3 is 2.44 bits per heavy atom. The number of rotatable bonds is 4. The van der Waals surface area contributed by atoms with E-state index in [1.54, 1.807) is 49.3 Å². The lowest BCUT2D eigenvalue weighted by Crippen LogP contribution is -2.04. The monoisotopic (exact) mass is 246 g/mol. The number of hydrogen-bond acceptors (Lipinski definition) is 4. The molecule has 5 heteroatoms. The van der Waals surface area contributed by atoms with Crippen molar-refractivity contribution in [3.05, 3.63) is 41.7 Å². The Hall–Kier alpha value is -2.30. The number of carbonyl (C=O) groups is 1. The van der Waals surface area contributed by atoms with Crippen LogP contribution in [-0.2, 0) is 7.05 Å². The lowest BCUT2D eigenvalue weighted by Gasteiger charge is -2.08. The summed E-state index contributed by atoms with van der Waals surface area (Å²) in [4.78, 5) is 12.2. The van der Waals surface area contributed by atoms with Gasteiger partial charge in [-0.3, -0.25) is 9.48 Å². The van der Waals surface area contributed by atoms with Crippen LogP contribution in [0.25, 0.3) is 0 Å². The second-order valence-electron chi connectivity index (χ2n) is 3.77. The van der Waals surface area contributed by atoms with E-state index in [-0.39, 0.29) is 5.78 Å². The zero-order valence-electron chi connectivity index (χ0n) is 10.5. The zero-order valence-corrected chi connectivity index (χ0v) is 10.5. The number of nitrogens with zero attached hydrogens (tertiary/aromatic N) is 2. The fraction of sp³-hybridized carbons (Fsp3) is 0.231. The van der Waals surface area contributed by atoms with Gasteiger partial charge in [-0.2, -0.15) is 5.10 Å². The van der Waals surface area contributed by atoms with Crippen molar-refractivity contribution in [3.8, 4) is 11.5 Å². The Morgan fingerprint density at radius 2 is 1.89 bits per heavy atom. The number of ether oxygens (including phenoxy) is 2. The average molecular weight is 246 g/mol. The topological polar surface area (TPSA) is 53.4 Å². The summed E-state index contributed by atoms with van der Waals surface area (Å²) >= 11 is 0. The van der Waals surface area contributed by atoms with Gasteiger partial charge in [0.1, 0.15) is 5.69 Å². The Balaban J connectivity index is 2.36. The van der Waals surface area contributed by atoms with Crippen LogP contribution in [0.4, 0.5) is 0 Å². The number of benzene rings is 1. The van der Waals surface area contributed by atoms with Gasteiger partial charge in [-0.25, -0.2) is 0 Å². The summed E-state index contributed by atoms with van der Waals surface area (Å²) in [6.07, 6.45) is 1.73. The molecule has 18 heavy (non-hydrogen) atoms. The van der Waals surface area contributed by atoms with E-state index in [1.807, 2.05) is 0 Å². The molecule has 0 bridgehead atoms. The van der Waals surface area contributed by atoms with E-state index in [1.165, 1.54) is 7.11 Å². The minimum Gasteiger partial charge on any atom is -0.493 e. The van der Waals surface area contributed by atoms with Crippen LogP contribution in [0.15, 0.2) is 30.5 Å². The highest BCUT2D eigenvalue weighted by molar-refractivity contribution is 6.08. The highest BCUT2D eigenvalue weighted by atomic mass is 16.5. The van der Waals surface area contributed by atoms with Gasteiger partial charge in [-0.15, -0.1) is 0 Å². The van der Waals surface area contributed by atoms with Crippen molar-refractivity contribution in [2.45, 2.75) is 0 Å². The highest BCUT2D eigenvalue weighted by Gasteiger charge is 2.14. The van der Waals surface area contributed by atoms with Gasteiger partial charge in [-0.05, 0) is 24.3 Å². The molecule has 0 saturated carbocycles. The van der Waals surface area contributed by atoms with Gasteiger partial charge in [0.25, 0.3) is 0 Å². The molecule has 1 aromatic heterocycles. The number of methoxy groups -OCH3 is 2. The minimum atomic E-state index is -0.142. The van der Waals surface area contributed by atoms with Gasteiger partial charge in [0, 0.05) is 18.8 Å². The molecule has 0 amide bonds. The fourth-order valence-corrected chi connectivity index (χ4v) is 1.66. The third-order valence-electron chi connectivity index (χ3n) is 2.59. The van der Waals surface area contributed by atoms with Crippen molar-refractivity contribution in [1.82, 2.24) is 9.78 Å². The van der Waals surface area contributed by atoms with Crippen LogP contribution in [-0.4, -0.2) is 29.8 Å². The second kappa shape index (κ2) is 4.91. The predicted molar refractivity (Wildman–Crippen MR) is 66.2 cm³/mol. The summed E-state index contributed by atoms with van der Waals surface area (Å²) in [6.45, 7) is 0. The van der Waals surface area contributed by atoms with Crippen molar-refractivity contribution in [1.29, 1.82) is 0 Å². The van der Waals surface area contributed by atoms with Crippen LogP contribution < -0.4 is 9.47 Å². The largest absolute Gasteiger partial charge is 0.493 e. The van der Waals surface area contributed by atoms with Gasteiger partial charge in [0.2, 0.25) is 5.78 Å². The molecule has 2 aromatic rings. The van der Waals surface area contributed by atoms with Crippen molar-refractivity contribution in [2.75, 3.05) is 14.2 Å². The van der Waals surface area contributed by atoms with E-state index >= 15 is 0 Å². The van der Waals surface area contributed by atoms with Crippen LogP contribution in [0.3, 0.4) is 0 Å². The molecule has 94 valence electrons. The predicted octanol–water partition coefficient (Wildman–Crippen LogP) is 1.67. The molecule has 0 aliphatic carbocycles. The third-order valence-corrected chi connectivity index (χ3v) is 2.59. The van der Waals surface area contributed by atoms with Crippen LogP contribution >= 0.6 is 0 Å². The number of ketones is 1. The van der Waals surface area contributed by atoms with Gasteiger partial charge in [0.05, 0.1) is 14.2 Å². The SMILES string of the molecule is COc1ccc(C(=O)c2ccn(C)n2)cc1OC. The van der Waals surface area contributed by atoms with E-state index in [0.29, 0.717) is 22.8 Å². The second-order valence-corrected chi connectivity index (χ2v) is 3.77.